The summed E-state index contributed by atoms with van der Waals surface area (Å²) in [5, 5.41) is 3.60. The lowest BCUT2D eigenvalue weighted by atomic mass is 10.1. The van der Waals surface area contributed by atoms with E-state index in [4.69, 9.17) is 0 Å². The van der Waals surface area contributed by atoms with Crippen molar-refractivity contribution in [2.24, 2.45) is 5.92 Å². The van der Waals surface area contributed by atoms with Gasteiger partial charge in [-0.25, -0.2) is 0 Å². The lowest BCUT2D eigenvalue weighted by Gasteiger charge is -2.20. The molecule has 0 aliphatic carbocycles. The van der Waals surface area contributed by atoms with Gasteiger partial charge in [-0.3, -0.25) is 0 Å². The Labute approximate surface area is 99.2 Å². The second-order valence-corrected chi connectivity index (χ2v) is 5.52. The third kappa shape index (κ3) is 5.79. The number of hydrogen-bond acceptors (Lipinski definition) is 3. The summed E-state index contributed by atoms with van der Waals surface area (Å²) < 4.78 is 0. The summed E-state index contributed by atoms with van der Waals surface area (Å²) in [6.07, 6.45) is 2.69. The molecule has 1 aliphatic heterocycles. The third-order valence-corrected chi connectivity index (χ3v) is 4.28. The zero-order valence-corrected chi connectivity index (χ0v) is 11.1. The summed E-state index contributed by atoms with van der Waals surface area (Å²) in [4.78, 5) is 2.52. The molecule has 1 N–H and O–H groups in total. The summed E-state index contributed by atoms with van der Waals surface area (Å²) in [6, 6.07) is 0. The van der Waals surface area contributed by atoms with E-state index in [9.17, 15) is 0 Å². The fourth-order valence-electron chi connectivity index (χ4n) is 2.03. The van der Waals surface area contributed by atoms with E-state index in [0.717, 1.165) is 12.5 Å². The number of likely N-dealkylation sites (N-methyl/N-ethyl adjacent to an activating group) is 1. The van der Waals surface area contributed by atoms with Gasteiger partial charge in [0.1, 0.15) is 0 Å². The lowest BCUT2D eigenvalue weighted by molar-refractivity contribution is 0.285. The van der Waals surface area contributed by atoms with Crippen LogP contribution < -0.4 is 5.32 Å². The van der Waals surface area contributed by atoms with Crippen LogP contribution in [0.1, 0.15) is 26.7 Å². The summed E-state index contributed by atoms with van der Waals surface area (Å²) in [5.74, 6) is 3.69. The molecule has 0 aromatic heterocycles. The first-order valence-electron chi connectivity index (χ1n) is 6.37. The van der Waals surface area contributed by atoms with Gasteiger partial charge in [0.25, 0.3) is 0 Å². The first-order valence-corrected chi connectivity index (χ1v) is 7.53. The Bertz CT molecular complexity index is 147. The van der Waals surface area contributed by atoms with E-state index >= 15 is 0 Å². The lowest BCUT2D eigenvalue weighted by Crippen LogP contribution is -2.34. The first kappa shape index (κ1) is 13.3. The largest absolute Gasteiger partial charge is 0.315 e. The molecule has 0 amide bonds. The van der Waals surface area contributed by atoms with E-state index in [2.05, 4.69) is 35.8 Å². The number of nitrogens with zero attached hydrogens (tertiary/aromatic N) is 1. The molecule has 0 aromatic rings. The molecule has 0 spiro atoms. The van der Waals surface area contributed by atoms with Crippen LogP contribution in [-0.4, -0.2) is 49.1 Å². The topological polar surface area (TPSA) is 15.3 Å². The maximum atomic E-state index is 3.60. The van der Waals surface area contributed by atoms with E-state index in [0.29, 0.717) is 0 Å². The quantitative estimate of drug-likeness (QED) is 0.643. The molecule has 3 heteroatoms. The Morgan fingerprint density at radius 1 is 1.33 bits per heavy atom. The Morgan fingerprint density at radius 2 is 2.20 bits per heavy atom. The van der Waals surface area contributed by atoms with Crippen molar-refractivity contribution in [3.05, 3.63) is 0 Å². The molecule has 1 rings (SSSR count). The highest BCUT2D eigenvalue weighted by Gasteiger charge is 2.14. The van der Waals surface area contributed by atoms with Crippen molar-refractivity contribution in [1.82, 2.24) is 10.2 Å². The monoisotopic (exact) mass is 230 g/mol. The molecule has 90 valence electrons. The molecule has 1 saturated heterocycles. The molecule has 15 heavy (non-hydrogen) atoms. The molecular formula is C12H26N2S. The van der Waals surface area contributed by atoms with Crippen molar-refractivity contribution >= 4 is 11.8 Å². The predicted molar refractivity (Wildman–Crippen MR) is 70.7 cm³/mol. The number of rotatable bonds is 8. The normalized spacial score (nSPS) is 21.4. The highest BCUT2D eigenvalue weighted by Crippen LogP contribution is 2.22. The molecule has 0 bridgehead atoms. The average Bonchev–Trinajstić information content (AvgIpc) is 2.75. The van der Waals surface area contributed by atoms with Gasteiger partial charge >= 0.3 is 0 Å². The van der Waals surface area contributed by atoms with Gasteiger partial charge in [-0.1, -0.05) is 13.8 Å². The van der Waals surface area contributed by atoms with E-state index in [1.54, 1.807) is 0 Å². The minimum Gasteiger partial charge on any atom is -0.315 e. The van der Waals surface area contributed by atoms with Crippen LogP contribution in [0.4, 0.5) is 0 Å². The molecule has 0 saturated carbocycles. The average molecular weight is 230 g/mol. The SMILES string of the molecule is CCCN(CC)CCNCC1CCSC1. The summed E-state index contributed by atoms with van der Waals surface area (Å²) in [7, 11) is 0. The van der Waals surface area contributed by atoms with E-state index < -0.39 is 0 Å². The summed E-state index contributed by atoms with van der Waals surface area (Å²) >= 11 is 2.11. The van der Waals surface area contributed by atoms with Crippen LogP contribution in [0.15, 0.2) is 0 Å². The van der Waals surface area contributed by atoms with E-state index in [-0.39, 0.29) is 0 Å². The van der Waals surface area contributed by atoms with Crippen LogP contribution in [0.2, 0.25) is 0 Å². The summed E-state index contributed by atoms with van der Waals surface area (Å²) in [5.41, 5.74) is 0. The van der Waals surface area contributed by atoms with Gasteiger partial charge < -0.3 is 10.2 Å². The van der Waals surface area contributed by atoms with Crippen molar-refractivity contribution in [2.75, 3.05) is 44.2 Å². The second-order valence-electron chi connectivity index (χ2n) is 4.37. The first-order chi connectivity index (χ1) is 7.36. The fourth-order valence-corrected chi connectivity index (χ4v) is 3.32. The third-order valence-electron chi connectivity index (χ3n) is 3.05. The number of nitrogens with one attached hydrogen (secondary N) is 1. The van der Waals surface area contributed by atoms with E-state index in [1.165, 1.54) is 50.5 Å². The van der Waals surface area contributed by atoms with Crippen molar-refractivity contribution < 1.29 is 0 Å². The molecule has 1 aliphatic rings. The van der Waals surface area contributed by atoms with Crippen LogP contribution in [0.3, 0.4) is 0 Å². The Hall–Kier alpha value is 0.270. The molecule has 1 unspecified atom stereocenters. The predicted octanol–water partition coefficient (Wildman–Crippen LogP) is 2.06. The molecule has 1 heterocycles. The van der Waals surface area contributed by atoms with Crippen molar-refractivity contribution in [3.63, 3.8) is 0 Å². The van der Waals surface area contributed by atoms with Crippen molar-refractivity contribution in [1.29, 1.82) is 0 Å². The highest BCUT2D eigenvalue weighted by molar-refractivity contribution is 7.99. The molecule has 2 nitrogen and oxygen atoms in total. The Kier molecular flexibility index (Phi) is 7.49. The Morgan fingerprint density at radius 3 is 2.80 bits per heavy atom. The minimum atomic E-state index is 0.941. The zero-order valence-electron chi connectivity index (χ0n) is 10.3. The number of hydrogen-bond donors (Lipinski definition) is 1. The highest BCUT2D eigenvalue weighted by atomic mass is 32.2. The van der Waals surface area contributed by atoms with Gasteiger partial charge in [-0.05, 0) is 49.9 Å². The maximum absolute atomic E-state index is 3.60. The van der Waals surface area contributed by atoms with Crippen molar-refractivity contribution in [3.8, 4) is 0 Å². The van der Waals surface area contributed by atoms with Crippen LogP contribution >= 0.6 is 11.8 Å². The van der Waals surface area contributed by atoms with Crippen LogP contribution in [0.5, 0.6) is 0 Å². The molecule has 0 radical (unpaired) electrons. The van der Waals surface area contributed by atoms with Crippen molar-refractivity contribution in [2.45, 2.75) is 26.7 Å². The molecule has 1 atom stereocenters. The zero-order chi connectivity index (χ0) is 10.9. The second kappa shape index (κ2) is 8.43. The van der Waals surface area contributed by atoms with Gasteiger partial charge in [0.2, 0.25) is 0 Å². The standard InChI is InChI=1S/C12H26N2S/c1-3-7-14(4-2)8-6-13-10-12-5-9-15-11-12/h12-13H,3-11H2,1-2H3. The van der Waals surface area contributed by atoms with Crippen LogP contribution in [-0.2, 0) is 0 Å². The van der Waals surface area contributed by atoms with Gasteiger partial charge in [0, 0.05) is 13.1 Å². The number of thioether (sulfide) groups is 1. The van der Waals surface area contributed by atoms with Gasteiger partial charge in [-0.2, -0.15) is 11.8 Å². The summed E-state index contributed by atoms with van der Waals surface area (Å²) in [6.45, 7) is 10.6. The van der Waals surface area contributed by atoms with Gasteiger partial charge in [0.15, 0.2) is 0 Å². The maximum Gasteiger partial charge on any atom is 0.0107 e. The van der Waals surface area contributed by atoms with Gasteiger partial charge in [0.05, 0.1) is 0 Å². The molecule has 1 fully saturated rings. The Balaban J connectivity index is 1.94. The van der Waals surface area contributed by atoms with Crippen LogP contribution in [0, 0.1) is 5.92 Å². The smallest absolute Gasteiger partial charge is 0.0107 e. The van der Waals surface area contributed by atoms with Gasteiger partial charge in [-0.15, -0.1) is 0 Å². The fraction of sp³-hybridized carbons (Fsp3) is 1.00. The molecular weight excluding hydrogens is 204 g/mol. The minimum absolute atomic E-state index is 0.941. The van der Waals surface area contributed by atoms with E-state index in [1.807, 2.05) is 0 Å². The van der Waals surface area contributed by atoms with Crippen LogP contribution in [0.25, 0.3) is 0 Å². The molecule has 0 aromatic carbocycles.